The normalized spacial score (nSPS) is 14.8. The van der Waals surface area contributed by atoms with Crippen LogP contribution in [0.2, 0.25) is 5.02 Å². The topological polar surface area (TPSA) is 26.7 Å². The second-order valence-electron chi connectivity index (χ2n) is 3.70. The van der Waals surface area contributed by atoms with E-state index in [1.54, 1.807) is 24.3 Å². The van der Waals surface area contributed by atoms with Crippen molar-refractivity contribution in [3.05, 3.63) is 53.1 Å². The lowest BCUT2D eigenvalue weighted by Gasteiger charge is -2.19. The number of hydrogen-bond acceptors (Lipinski definition) is 3. The number of halogens is 1. The largest absolute Gasteiger partial charge is 0.504 e. The first-order valence-electron chi connectivity index (χ1n) is 4.93. The molecule has 0 fully saturated rings. The van der Waals surface area contributed by atoms with Crippen LogP contribution in [0.1, 0.15) is 5.56 Å². The van der Waals surface area contributed by atoms with Gasteiger partial charge in [-0.15, -0.1) is 0 Å². The number of rotatable bonds is 1. The van der Waals surface area contributed by atoms with Crippen molar-refractivity contribution in [3.8, 4) is 0 Å². The van der Waals surface area contributed by atoms with Crippen LogP contribution >= 0.6 is 11.6 Å². The molecule has 1 aliphatic heterocycles. The highest BCUT2D eigenvalue weighted by Gasteiger charge is 2.18. The summed E-state index contributed by atoms with van der Waals surface area (Å²) in [7, 11) is 3.78. The Hall–Kier alpha value is -1.61. The van der Waals surface area contributed by atoms with Crippen LogP contribution < -0.4 is 0 Å². The highest BCUT2D eigenvalue weighted by Crippen LogP contribution is 2.25. The molecular formula is C12H13ClN2O. The standard InChI is InChI=1S/C12H13ClN2O/c1-14-7-8-15(2)12(14)11(16)9-3-5-10(13)6-4-9/h3-8,16H,1-2H3. The zero-order chi connectivity index (χ0) is 11.7. The van der Waals surface area contributed by atoms with E-state index in [1.165, 1.54) is 0 Å². The number of aliphatic hydroxyl groups is 1. The number of benzene rings is 1. The molecule has 1 aliphatic rings. The summed E-state index contributed by atoms with van der Waals surface area (Å²) in [4.78, 5) is 3.73. The van der Waals surface area contributed by atoms with Gasteiger partial charge >= 0.3 is 0 Å². The van der Waals surface area contributed by atoms with Crippen molar-refractivity contribution in [2.75, 3.05) is 14.1 Å². The van der Waals surface area contributed by atoms with E-state index in [1.807, 2.05) is 36.3 Å². The Morgan fingerprint density at radius 1 is 1.06 bits per heavy atom. The van der Waals surface area contributed by atoms with E-state index in [2.05, 4.69) is 0 Å². The summed E-state index contributed by atoms with van der Waals surface area (Å²) in [6.45, 7) is 0. The number of aliphatic hydroxyl groups excluding tert-OH is 1. The molecule has 0 aromatic heterocycles. The monoisotopic (exact) mass is 236 g/mol. The van der Waals surface area contributed by atoms with E-state index in [0.717, 1.165) is 11.4 Å². The molecule has 1 N–H and O–H groups in total. The Labute approximate surface area is 99.9 Å². The van der Waals surface area contributed by atoms with Crippen molar-refractivity contribution in [2.24, 2.45) is 0 Å². The summed E-state index contributed by atoms with van der Waals surface area (Å²) in [5.74, 6) is 0.994. The Balaban J connectivity index is 2.41. The summed E-state index contributed by atoms with van der Waals surface area (Å²) in [6, 6.07) is 7.11. The summed E-state index contributed by atoms with van der Waals surface area (Å²) in [5.41, 5.74) is 0.752. The van der Waals surface area contributed by atoms with Crippen LogP contribution in [0.15, 0.2) is 42.5 Å². The quantitative estimate of drug-likeness (QED) is 0.760. The fraction of sp³-hybridized carbons (Fsp3) is 0.167. The van der Waals surface area contributed by atoms with Crippen LogP contribution in [0.4, 0.5) is 0 Å². The summed E-state index contributed by atoms with van der Waals surface area (Å²) in [5, 5.41) is 10.8. The van der Waals surface area contributed by atoms with Gasteiger partial charge in [0.15, 0.2) is 11.6 Å². The smallest absolute Gasteiger partial charge is 0.164 e. The van der Waals surface area contributed by atoms with Gasteiger partial charge < -0.3 is 14.9 Å². The van der Waals surface area contributed by atoms with Crippen LogP contribution in [0.5, 0.6) is 0 Å². The highest BCUT2D eigenvalue weighted by atomic mass is 35.5. The van der Waals surface area contributed by atoms with E-state index in [4.69, 9.17) is 11.6 Å². The minimum atomic E-state index is 0.242. The fourth-order valence-corrected chi connectivity index (χ4v) is 1.79. The summed E-state index contributed by atoms with van der Waals surface area (Å²) >= 11 is 5.80. The first-order valence-corrected chi connectivity index (χ1v) is 5.30. The molecule has 0 saturated carbocycles. The van der Waals surface area contributed by atoms with Crippen molar-refractivity contribution < 1.29 is 5.11 Å². The van der Waals surface area contributed by atoms with Crippen molar-refractivity contribution >= 4 is 17.4 Å². The minimum Gasteiger partial charge on any atom is -0.504 e. The van der Waals surface area contributed by atoms with Gasteiger partial charge in [0, 0.05) is 37.1 Å². The van der Waals surface area contributed by atoms with E-state index in [0.29, 0.717) is 5.02 Å². The average Bonchev–Trinajstić information content (AvgIpc) is 2.59. The first kappa shape index (κ1) is 10.9. The molecule has 0 atom stereocenters. The Morgan fingerprint density at radius 3 is 2.06 bits per heavy atom. The SMILES string of the molecule is CN1C=CN(C)C1=C(O)c1ccc(Cl)cc1. The van der Waals surface area contributed by atoms with Gasteiger partial charge in [0.05, 0.1) is 0 Å². The molecule has 0 spiro atoms. The maximum Gasteiger partial charge on any atom is 0.164 e. The van der Waals surface area contributed by atoms with E-state index in [-0.39, 0.29) is 5.76 Å². The van der Waals surface area contributed by atoms with Crippen LogP contribution in [0.25, 0.3) is 5.76 Å². The number of hydrogen-bond donors (Lipinski definition) is 1. The van der Waals surface area contributed by atoms with E-state index < -0.39 is 0 Å². The Kier molecular flexibility index (Phi) is 2.79. The zero-order valence-corrected chi connectivity index (χ0v) is 9.94. The molecule has 0 saturated heterocycles. The van der Waals surface area contributed by atoms with Crippen molar-refractivity contribution in [3.63, 3.8) is 0 Å². The summed E-state index contributed by atoms with van der Waals surface area (Å²) < 4.78 is 0. The molecule has 0 unspecified atom stereocenters. The predicted octanol–water partition coefficient (Wildman–Crippen LogP) is 2.87. The van der Waals surface area contributed by atoms with Gasteiger partial charge in [-0.2, -0.15) is 0 Å². The van der Waals surface area contributed by atoms with Crippen LogP contribution in [-0.4, -0.2) is 29.0 Å². The lowest BCUT2D eigenvalue weighted by atomic mass is 10.2. The third-order valence-electron chi connectivity index (χ3n) is 2.51. The van der Waals surface area contributed by atoms with Gasteiger partial charge in [0.25, 0.3) is 0 Å². The molecule has 4 heteroatoms. The van der Waals surface area contributed by atoms with Crippen LogP contribution in [-0.2, 0) is 0 Å². The number of nitrogens with zero attached hydrogens (tertiary/aromatic N) is 2. The van der Waals surface area contributed by atoms with Gasteiger partial charge in [0.2, 0.25) is 0 Å². The van der Waals surface area contributed by atoms with Crippen molar-refractivity contribution in [1.29, 1.82) is 0 Å². The molecule has 0 amide bonds. The van der Waals surface area contributed by atoms with Crippen LogP contribution in [0, 0.1) is 0 Å². The molecule has 0 bridgehead atoms. The Bertz CT molecular complexity index is 437. The zero-order valence-electron chi connectivity index (χ0n) is 9.18. The van der Waals surface area contributed by atoms with Gasteiger partial charge in [-0.1, -0.05) is 11.6 Å². The lowest BCUT2D eigenvalue weighted by Crippen LogP contribution is -2.18. The third-order valence-corrected chi connectivity index (χ3v) is 2.76. The van der Waals surface area contributed by atoms with Gasteiger partial charge in [0.1, 0.15) is 0 Å². The molecule has 1 aromatic carbocycles. The average molecular weight is 237 g/mol. The summed E-state index contributed by atoms with van der Waals surface area (Å²) in [6.07, 6.45) is 3.78. The fourth-order valence-electron chi connectivity index (χ4n) is 1.66. The molecular weight excluding hydrogens is 224 g/mol. The van der Waals surface area contributed by atoms with E-state index in [9.17, 15) is 5.11 Å². The second-order valence-corrected chi connectivity index (χ2v) is 4.14. The molecule has 1 aromatic rings. The van der Waals surface area contributed by atoms with Gasteiger partial charge in [-0.05, 0) is 24.3 Å². The van der Waals surface area contributed by atoms with Gasteiger partial charge in [-0.25, -0.2) is 0 Å². The maximum absolute atomic E-state index is 10.2. The molecule has 16 heavy (non-hydrogen) atoms. The molecule has 1 heterocycles. The minimum absolute atomic E-state index is 0.242. The lowest BCUT2D eigenvalue weighted by molar-refractivity contribution is 0.404. The van der Waals surface area contributed by atoms with Crippen molar-refractivity contribution in [1.82, 2.24) is 9.80 Å². The third kappa shape index (κ3) is 1.86. The maximum atomic E-state index is 10.2. The van der Waals surface area contributed by atoms with Gasteiger partial charge in [-0.3, -0.25) is 0 Å². The highest BCUT2D eigenvalue weighted by molar-refractivity contribution is 6.30. The Morgan fingerprint density at radius 2 is 1.56 bits per heavy atom. The first-order chi connectivity index (χ1) is 7.59. The molecule has 2 rings (SSSR count). The van der Waals surface area contributed by atoms with Crippen LogP contribution in [0.3, 0.4) is 0 Å². The molecule has 0 aliphatic carbocycles. The molecule has 84 valence electrons. The van der Waals surface area contributed by atoms with Crippen molar-refractivity contribution in [2.45, 2.75) is 0 Å². The second kappa shape index (κ2) is 4.10. The molecule has 0 radical (unpaired) electrons. The predicted molar refractivity (Wildman–Crippen MR) is 65.7 cm³/mol. The van der Waals surface area contributed by atoms with E-state index >= 15 is 0 Å². The molecule has 3 nitrogen and oxygen atoms in total.